The van der Waals surface area contributed by atoms with Crippen LogP contribution in [0.5, 0.6) is 0 Å². The molecule has 0 saturated heterocycles. The molecule has 3 rings (SSSR count). The first kappa shape index (κ1) is 13.3. The van der Waals surface area contributed by atoms with Crippen molar-refractivity contribution in [1.82, 2.24) is 9.97 Å². The average molecular weight is 306 g/mol. The Morgan fingerprint density at radius 3 is 2.85 bits per heavy atom. The first-order valence-corrected chi connectivity index (χ1v) is 7.01. The van der Waals surface area contributed by atoms with Crippen LogP contribution >= 0.6 is 23.2 Å². The molecule has 5 heteroatoms. The van der Waals surface area contributed by atoms with Gasteiger partial charge in [0.15, 0.2) is 5.15 Å². The highest BCUT2D eigenvalue weighted by Gasteiger charge is 2.07. The third-order valence-corrected chi connectivity index (χ3v) is 3.70. The third-order valence-electron chi connectivity index (χ3n) is 3.23. The number of nitrogens with zero attached hydrogens (tertiary/aromatic N) is 1. The monoisotopic (exact) mass is 305 g/mol. The molecule has 2 aromatic heterocycles. The van der Waals surface area contributed by atoms with Crippen LogP contribution in [0.2, 0.25) is 10.3 Å². The summed E-state index contributed by atoms with van der Waals surface area (Å²) in [5, 5.41) is 5.33. The standard InChI is InChI=1S/C15H13Cl2N3/c1-9-6-13(16)20-15(17)14(9)19-8-10-2-3-11-4-5-18-12(11)7-10/h2-7,18-19H,8H2,1H3. The predicted molar refractivity (Wildman–Crippen MR) is 84.6 cm³/mol. The van der Waals surface area contributed by atoms with Gasteiger partial charge in [0.2, 0.25) is 0 Å². The Hall–Kier alpha value is -1.71. The zero-order valence-corrected chi connectivity index (χ0v) is 12.4. The molecule has 2 N–H and O–H groups in total. The second kappa shape index (κ2) is 5.35. The number of benzene rings is 1. The summed E-state index contributed by atoms with van der Waals surface area (Å²) in [4.78, 5) is 7.26. The second-order valence-electron chi connectivity index (χ2n) is 4.68. The average Bonchev–Trinajstić information content (AvgIpc) is 2.84. The van der Waals surface area contributed by atoms with Gasteiger partial charge in [-0.2, -0.15) is 0 Å². The van der Waals surface area contributed by atoms with Gasteiger partial charge in [0, 0.05) is 18.3 Å². The minimum Gasteiger partial charge on any atom is -0.378 e. The lowest BCUT2D eigenvalue weighted by Crippen LogP contribution is -2.02. The largest absolute Gasteiger partial charge is 0.378 e. The van der Waals surface area contributed by atoms with Gasteiger partial charge in [0.1, 0.15) is 5.15 Å². The van der Waals surface area contributed by atoms with Crippen molar-refractivity contribution >= 4 is 39.8 Å². The molecule has 102 valence electrons. The lowest BCUT2D eigenvalue weighted by atomic mass is 10.1. The fraction of sp³-hybridized carbons (Fsp3) is 0.133. The molecule has 1 aromatic carbocycles. The summed E-state index contributed by atoms with van der Waals surface area (Å²) in [7, 11) is 0. The van der Waals surface area contributed by atoms with Crippen molar-refractivity contribution < 1.29 is 0 Å². The predicted octanol–water partition coefficient (Wildman–Crippen LogP) is 4.79. The van der Waals surface area contributed by atoms with E-state index in [4.69, 9.17) is 23.2 Å². The smallest absolute Gasteiger partial charge is 0.154 e. The van der Waals surface area contributed by atoms with Gasteiger partial charge in [-0.15, -0.1) is 0 Å². The van der Waals surface area contributed by atoms with Gasteiger partial charge in [0.25, 0.3) is 0 Å². The van der Waals surface area contributed by atoms with E-state index < -0.39 is 0 Å². The van der Waals surface area contributed by atoms with Crippen molar-refractivity contribution in [3.8, 4) is 0 Å². The number of aryl methyl sites for hydroxylation is 1. The summed E-state index contributed by atoms with van der Waals surface area (Å²) >= 11 is 12.0. The Morgan fingerprint density at radius 1 is 1.20 bits per heavy atom. The molecule has 20 heavy (non-hydrogen) atoms. The quantitative estimate of drug-likeness (QED) is 0.683. The van der Waals surface area contributed by atoms with Gasteiger partial charge in [0.05, 0.1) is 5.69 Å². The Morgan fingerprint density at radius 2 is 2.05 bits per heavy atom. The van der Waals surface area contributed by atoms with Crippen LogP contribution in [0.1, 0.15) is 11.1 Å². The molecule has 3 nitrogen and oxygen atoms in total. The van der Waals surface area contributed by atoms with E-state index in [9.17, 15) is 0 Å². The van der Waals surface area contributed by atoms with Crippen molar-refractivity contribution in [3.05, 3.63) is 58.0 Å². The minimum absolute atomic E-state index is 0.399. The lowest BCUT2D eigenvalue weighted by molar-refractivity contribution is 1.13. The topological polar surface area (TPSA) is 40.7 Å². The number of pyridine rings is 1. The van der Waals surface area contributed by atoms with Crippen LogP contribution in [-0.4, -0.2) is 9.97 Å². The molecule has 0 aliphatic heterocycles. The van der Waals surface area contributed by atoms with Gasteiger partial charge >= 0.3 is 0 Å². The zero-order valence-electron chi connectivity index (χ0n) is 10.9. The van der Waals surface area contributed by atoms with Crippen molar-refractivity contribution in [2.45, 2.75) is 13.5 Å². The van der Waals surface area contributed by atoms with Crippen molar-refractivity contribution in [1.29, 1.82) is 0 Å². The molecule has 0 aliphatic carbocycles. The second-order valence-corrected chi connectivity index (χ2v) is 5.43. The first-order chi connectivity index (χ1) is 9.63. The molecular formula is C15H13Cl2N3. The van der Waals surface area contributed by atoms with E-state index in [1.165, 1.54) is 10.9 Å². The molecule has 0 radical (unpaired) electrons. The minimum atomic E-state index is 0.399. The summed E-state index contributed by atoms with van der Waals surface area (Å²) in [5.74, 6) is 0. The SMILES string of the molecule is Cc1cc(Cl)nc(Cl)c1NCc1ccc2cc[nH]c2c1. The number of aromatic amines is 1. The fourth-order valence-electron chi connectivity index (χ4n) is 2.20. The van der Waals surface area contributed by atoms with E-state index in [-0.39, 0.29) is 0 Å². The van der Waals surface area contributed by atoms with Crippen LogP contribution in [0.25, 0.3) is 10.9 Å². The Bertz CT molecular complexity index is 742. The maximum absolute atomic E-state index is 6.11. The molecule has 0 spiro atoms. The number of aromatic nitrogens is 2. The number of rotatable bonds is 3. The number of H-pyrrole nitrogens is 1. The highest BCUT2D eigenvalue weighted by atomic mass is 35.5. The van der Waals surface area contributed by atoms with E-state index in [1.54, 1.807) is 6.07 Å². The van der Waals surface area contributed by atoms with E-state index in [1.807, 2.05) is 13.1 Å². The van der Waals surface area contributed by atoms with E-state index in [0.29, 0.717) is 16.9 Å². The van der Waals surface area contributed by atoms with Gasteiger partial charge in [-0.1, -0.05) is 35.3 Å². The van der Waals surface area contributed by atoms with Gasteiger partial charge in [-0.25, -0.2) is 4.98 Å². The summed E-state index contributed by atoms with van der Waals surface area (Å²) in [5.41, 5.74) is 4.10. The summed E-state index contributed by atoms with van der Waals surface area (Å²) in [6.45, 7) is 2.63. The van der Waals surface area contributed by atoms with Gasteiger partial charge in [-0.3, -0.25) is 0 Å². The molecular weight excluding hydrogens is 293 g/mol. The number of fused-ring (bicyclic) bond motifs is 1. The molecule has 3 aromatic rings. The molecule has 2 heterocycles. The molecule has 0 bridgehead atoms. The van der Waals surface area contributed by atoms with Crippen molar-refractivity contribution in [3.63, 3.8) is 0 Å². The number of nitrogens with one attached hydrogen (secondary N) is 2. The molecule has 0 atom stereocenters. The van der Waals surface area contributed by atoms with E-state index in [0.717, 1.165) is 16.8 Å². The fourth-order valence-corrected chi connectivity index (χ4v) is 2.80. The van der Waals surface area contributed by atoms with Crippen LogP contribution in [0.15, 0.2) is 36.5 Å². The maximum Gasteiger partial charge on any atom is 0.154 e. The summed E-state index contributed by atoms with van der Waals surface area (Å²) in [6, 6.07) is 10.2. The van der Waals surface area contributed by atoms with Crippen LogP contribution in [0.3, 0.4) is 0 Å². The van der Waals surface area contributed by atoms with Crippen molar-refractivity contribution in [2.75, 3.05) is 5.32 Å². The normalized spacial score (nSPS) is 10.9. The highest BCUT2D eigenvalue weighted by Crippen LogP contribution is 2.27. The third kappa shape index (κ3) is 2.60. The number of hydrogen-bond acceptors (Lipinski definition) is 2. The molecule has 0 saturated carbocycles. The van der Waals surface area contributed by atoms with E-state index >= 15 is 0 Å². The van der Waals surface area contributed by atoms with Crippen LogP contribution in [-0.2, 0) is 6.54 Å². The zero-order chi connectivity index (χ0) is 14.1. The van der Waals surface area contributed by atoms with Crippen LogP contribution in [0.4, 0.5) is 5.69 Å². The van der Waals surface area contributed by atoms with Crippen LogP contribution in [0, 0.1) is 6.92 Å². The summed E-state index contributed by atoms with van der Waals surface area (Å²) < 4.78 is 0. The van der Waals surface area contributed by atoms with Gasteiger partial charge in [-0.05, 0) is 41.6 Å². The first-order valence-electron chi connectivity index (χ1n) is 6.26. The molecule has 0 aliphatic rings. The number of anilines is 1. The van der Waals surface area contributed by atoms with Gasteiger partial charge < -0.3 is 10.3 Å². The molecule has 0 unspecified atom stereocenters. The Balaban J connectivity index is 1.82. The summed E-state index contributed by atoms with van der Waals surface area (Å²) in [6.07, 6.45) is 1.94. The maximum atomic E-state index is 6.11. The molecule has 0 amide bonds. The molecule has 0 fully saturated rings. The highest BCUT2D eigenvalue weighted by molar-refractivity contribution is 6.34. The lowest BCUT2D eigenvalue weighted by Gasteiger charge is -2.11. The van der Waals surface area contributed by atoms with E-state index in [2.05, 4.69) is 39.6 Å². The number of hydrogen-bond donors (Lipinski definition) is 2. The Kier molecular flexibility index (Phi) is 3.55. The Labute approximate surface area is 126 Å². The van der Waals surface area contributed by atoms with Crippen molar-refractivity contribution in [2.24, 2.45) is 0 Å². The van der Waals surface area contributed by atoms with Crippen LogP contribution < -0.4 is 5.32 Å². The number of halogens is 2.